The van der Waals surface area contributed by atoms with Crippen molar-refractivity contribution in [2.45, 2.75) is 18.4 Å². The largest absolute Gasteiger partial charge is 0.468 e. The number of rotatable bonds is 1. The van der Waals surface area contributed by atoms with Gasteiger partial charge in [0.15, 0.2) is 0 Å². The van der Waals surface area contributed by atoms with E-state index in [0.29, 0.717) is 12.8 Å². The SMILES string of the molecule is COC(=O)C1(N)CC=CC1. The summed E-state index contributed by atoms with van der Waals surface area (Å²) in [4.78, 5) is 10.9. The molecule has 0 aromatic heterocycles. The number of ether oxygens (including phenoxy) is 1. The first kappa shape index (κ1) is 7.28. The second kappa shape index (κ2) is 2.42. The number of methoxy groups -OCH3 is 1. The van der Waals surface area contributed by atoms with E-state index in [1.807, 2.05) is 12.2 Å². The van der Waals surface area contributed by atoms with Gasteiger partial charge in [0.05, 0.1) is 7.11 Å². The van der Waals surface area contributed by atoms with Gasteiger partial charge in [-0.15, -0.1) is 0 Å². The summed E-state index contributed by atoms with van der Waals surface area (Å²) in [5, 5.41) is 0. The predicted molar refractivity (Wildman–Crippen MR) is 37.3 cm³/mol. The Hall–Kier alpha value is -0.830. The Morgan fingerprint density at radius 2 is 2.10 bits per heavy atom. The van der Waals surface area contributed by atoms with E-state index < -0.39 is 5.54 Å². The van der Waals surface area contributed by atoms with Crippen LogP contribution < -0.4 is 5.73 Å². The Balaban J connectivity index is 2.61. The van der Waals surface area contributed by atoms with Crippen LogP contribution in [-0.2, 0) is 9.53 Å². The van der Waals surface area contributed by atoms with Crippen molar-refractivity contribution in [2.24, 2.45) is 5.73 Å². The number of carbonyl (C=O) groups excluding carboxylic acids is 1. The van der Waals surface area contributed by atoms with E-state index in [1.54, 1.807) is 0 Å². The van der Waals surface area contributed by atoms with Crippen molar-refractivity contribution in [1.82, 2.24) is 0 Å². The van der Waals surface area contributed by atoms with Gasteiger partial charge in [-0.05, 0) is 12.8 Å². The van der Waals surface area contributed by atoms with E-state index in [-0.39, 0.29) is 5.97 Å². The lowest BCUT2D eigenvalue weighted by Crippen LogP contribution is -2.46. The van der Waals surface area contributed by atoms with Gasteiger partial charge in [0.1, 0.15) is 5.54 Å². The molecule has 0 aliphatic heterocycles. The zero-order valence-corrected chi connectivity index (χ0v) is 5.96. The van der Waals surface area contributed by atoms with Crippen LogP contribution in [0.4, 0.5) is 0 Å². The van der Waals surface area contributed by atoms with Crippen molar-refractivity contribution in [2.75, 3.05) is 7.11 Å². The van der Waals surface area contributed by atoms with Crippen molar-refractivity contribution in [3.63, 3.8) is 0 Å². The fourth-order valence-corrected chi connectivity index (χ4v) is 1.04. The quantitative estimate of drug-likeness (QED) is 0.419. The van der Waals surface area contributed by atoms with Crippen LogP contribution in [0.2, 0.25) is 0 Å². The summed E-state index contributed by atoms with van der Waals surface area (Å²) >= 11 is 0. The van der Waals surface area contributed by atoms with Gasteiger partial charge < -0.3 is 10.5 Å². The van der Waals surface area contributed by atoms with E-state index in [1.165, 1.54) is 7.11 Å². The summed E-state index contributed by atoms with van der Waals surface area (Å²) in [6.45, 7) is 0. The first-order chi connectivity index (χ1) is 4.69. The van der Waals surface area contributed by atoms with E-state index >= 15 is 0 Å². The molecule has 0 saturated carbocycles. The molecule has 1 rings (SSSR count). The molecule has 10 heavy (non-hydrogen) atoms. The third-order valence-electron chi connectivity index (χ3n) is 1.72. The molecule has 0 unspecified atom stereocenters. The van der Waals surface area contributed by atoms with Gasteiger partial charge in [0.2, 0.25) is 0 Å². The average Bonchev–Trinajstić information content (AvgIpc) is 2.36. The van der Waals surface area contributed by atoms with Gasteiger partial charge in [0, 0.05) is 0 Å². The van der Waals surface area contributed by atoms with Crippen LogP contribution in [0.5, 0.6) is 0 Å². The highest BCUT2D eigenvalue weighted by Crippen LogP contribution is 2.21. The van der Waals surface area contributed by atoms with Crippen molar-refractivity contribution >= 4 is 5.97 Å². The van der Waals surface area contributed by atoms with Gasteiger partial charge in [-0.25, -0.2) is 0 Å². The highest BCUT2D eigenvalue weighted by atomic mass is 16.5. The average molecular weight is 141 g/mol. The van der Waals surface area contributed by atoms with Gasteiger partial charge in [0.25, 0.3) is 0 Å². The molecule has 56 valence electrons. The van der Waals surface area contributed by atoms with Crippen LogP contribution in [0.3, 0.4) is 0 Å². The summed E-state index contributed by atoms with van der Waals surface area (Å²) in [6.07, 6.45) is 4.99. The third-order valence-corrected chi connectivity index (χ3v) is 1.72. The van der Waals surface area contributed by atoms with Gasteiger partial charge in [-0.1, -0.05) is 12.2 Å². The van der Waals surface area contributed by atoms with Crippen LogP contribution in [0.25, 0.3) is 0 Å². The Morgan fingerprint density at radius 3 is 2.50 bits per heavy atom. The molecular formula is C7H11NO2. The molecule has 0 spiro atoms. The topological polar surface area (TPSA) is 52.3 Å². The number of hydrogen-bond donors (Lipinski definition) is 1. The second-order valence-electron chi connectivity index (χ2n) is 2.53. The highest BCUT2D eigenvalue weighted by molar-refractivity contribution is 5.81. The zero-order valence-electron chi connectivity index (χ0n) is 5.96. The van der Waals surface area contributed by atoms with E-state index in [9.17, 15) is 4.79 Å². The number of nitrogens with two attached hydrogens (primary N) is 1. The standard InChI is InChI=1S/C7H11NO2/c1-10-6(9)7(8)4-2-3-5-7/h2-3H,4-5,8H2,1H3. The lowest BCUT2D eigenvalue weighted by molar-refractivity contribution is -0.146. The minimum atomic E-state index is -0.769. The van der Waals surface area contributed by atoms with Crippen molar-refractivity contribution in [3.8, 4) is 0 Å². The third kappa shape index (κ3) is 1.04. The maximum Gasteiger partial charge on any atom is 0.326 e. The molecule has 0 bridgehead atoms. The lowest BCUT2D eigenvalue weighted by Gasteiger charge is -2.19. The van der Waals surface area contributed by atoms with Crippen molar-refractivity contribution < 1.29 is 9.53 Å². The summed E-state index contributed by atoms with van der Waals surface area (Å²) in [5.74, 6) is -0.322. The molecule has 0 heterocycles. The smallest absolute Gasteiger partial charge is 0.326 e. The fourth-order valence-electron chi connectivity index (χ4n) is 1.04. The van der Waals surface area contributed by atoms with Crippen molar-refractivity contribution in [3.05, 3.63) is 12.2 Å². The summed E-state index contributed by atoms with van der Waals surface area (Å²) in [6, 6.07) is 0. The Labute approximate surface area is 59.8 Å². The van der Waals surface area contributed by atoms with Crippen LogP contribution in [0.1, 0.15) is 12.8 Å². The highest BCUT2D eigenvalue weighted by Gasteiger charge is 2.35. The number of hydrogen-bond acceptors (Lipinski definition) is 3. The molecule has 0 saturated heterocycles. The van der Waals surface area contributed by atoms with E-state index in [2.05, 4.69) is 4.74 Å². The van der Waals surface area contributed by atoms with Crippen molar-refractivity contribution in [1.29, 1.82) is 0 Å². The minimum Gasteiger partial charge on any atom is -0.468 e. The summed E-state index contributed by atoms with van der Waals surface area (Å²) in [5.41, 5.74) is 4.91. The van der Waals surface area contributed by atoms with Crippen LogP contribution in [-0.4, -0.2) is 18.6 Å². The summed E-state index contributed by atoms with van der Waals surface area (Å²) < 4.78 is 4.53. The fraction of sp³-hybridized carbons (Fsp3) is 0.571. The van der Waals surface area contributed by atoms with Gasteiger partial charge in [-0.3, -0.25) is 4.79 Å². The molecule has 2 N–H and O–H groups in total. The maximum absolute atomic E-state index is 10.9. The molecular weight excluding hydrogens is 130 g/mol. The van der Waals surface area contributed by atoms with Crippen LogP contribution in [0.15, 0.2) is 12.2 Å². The Kier molecular flexibility index (Phi) is 1.76. The van der Waals surface area contributed by atoms with Crippen LogP contribution in [0, 0.1) is 0 Å². The maximum atomic E-state index is 10.9. The normalized spacial score (nSPS) is 21.0. The molecule has 1 aliphatic rings. The molecule has 0 fully saturated rings. The predicted octanol–water partition coefficient (Wildman–Crippen LogP) is 0.207. The first-order valence-electron chi connectivity index (χ1n) is 3.21. The lowest BCUT2D eigenvalue weighted by atomic mass is 9.99. The molecule has 0 amide bonds. The molecule has 3 nitrogen and oxygen atoms in total. The van der Waals surface area contributed by atoms with Gasteiger partial charge >= 0.3 is 5.97 Å². The minimum absolute atomic E-state index is 0.322. The number of esters is 1. The monoisotopic (exact) mass is 141 g/mol. The van der Waals surface area contributed by atoms with Gasteiger partial charge in [-0.2, -0.15) is 0 Å². The molecule has 0 aromatic rings. The Morgan fingerprint density at radius 1 is 1.60 bits per heavy atom. The molecule has 1 aliphatic carbocycles. The second-order valence-corrected chi connectivity index (χ2v) is 2.53. The van der Waals surface area contributed by atoms with E-state index in [0.717, 1.165) is 0 Å². The molecule has 3 heteroatoms. The Bertz CT molecular complexity index is 166. The van der Waals surface area contributed by atoms with Crippen LogP contribution >= 0.6 is 0 Å². The number of carbonyl (C=O) groups is 1. The molecule has 0 atom stereocenters. The molecule has 0 radical (unpaired) electrons. The van der Waals surface area contributed by atoms with E-state index in [4.69, 9.17) is 5.73 Å². The molecule has 0 aromatic carbocycles. The summed E-state index contributed by atoms with van der Waals surface area (Å²) in [7, 11) is 1.36. The zero-order chi connectivity index (χ0) is 7.61. The first-order valence-corrected chi connectivity index (χ1v) is 3.21.